The van der Waals surface area contributed by atoms with Gasteiger partial charge in [-0.2, -0.15) is 5.09 Å². The van der Waals surface area contributed by atoms with Gasteiger partial charge in [0.1, 0.15) is 24.0 Å². The molecule has 44 heavy (non-hydrogen) atoms. The zero-order valence-electron chi connectivity index (χ0n) is 25.4. The summed E-state index contributed by atoms with van der Waals surface area (Å²) in [5, 5.41) is 16.1. The second-order valence-corrected chi connectivity index (χ2v) is 12.8. The molecule has 12 nitrogen and oxygen atoms in total. The van der Waals surface area contributed by atoms with Crippen LogP contribution in [0.25, 0.3) is 11.1 Å². The normalized spacial score (nSPS) is 28.8. The van der Waals surface area contributed by atoms with Gasteiger partial charge in [-0.3, -0.25) is 14.1 Å². The number of carbonyl (C=O) groups excluding carboxylic acids is 2. The zero-order chi connectivity index (χ0) is 32.3. The number of carbonyl (C=O) groups is 2. The Morgan fingerprint density at radius 2 is 1.84 bits per heavy atom. The molecule has 1 saturated heterocycles. The molecule has 1 amide bonds. The minimum Gasteiger partial charge on any atom is -0.462 e. The SMILES string of the molecule is COC1(C)NC(=O)C=CN1[C@@H]1O[C@H](COP(=O)(N[C@@H](C)C(=O)OC(C)C)Oc2cccc(-c3ccccc3)c2)[C@@H](O)[C@@]1(C)F. The molecule has 0 radical (unpaired) electrons. The Hall–Kier alpha value is -3.32. The number of alkyl halides is 1. The summed E-state index contributed by atoms with van der Waals surface area (Å²) >= 11 is 0. The highest BCUT2D eigenvalue weighted by Crippen LogP contribution is 2.47. The van der Waals surface area contributed by atoms with Crippen molar-refractivity contribution in [1.29, 1.82) is 0 Å². The van der Waals surface area contributed by atoms with E-state index >= 15 is 4.39 Å². The number of rotatable bonds is 12. The second-order valence-electron chi connectivity index (χ2n) is 11.1. The molecule has 2 heterocycles. The molecule has 3 N–H and O–H groups in total. The summed E-state index contributed by atoms with van der Waals surface area (Å²) in [6, 6.07) is 15.1. The number of methoxy groups -OCH3 is 1. The van der Waals surface area contributed by atoms with Crippen LogP contribution in [-0.4, -0.2) is 77.7 Å². The van der Waals surface area contributed by atoms with Crippen LogP contribution in [0.15, 0.2) is 66.9 Å². The number of benzene rings is 2. The van der Waals surface area contributed by atoms with Crippen LogP contribution in [0.2, 0.25) is 0 Å². The maximum atomic E-state index is 16.0. The van der Waals surface area contributed by atoms with Gasteiger partial charge in [0.25, 0.3) is 0 Å². The predicted molar refractivity (Wildman–Crippen MR) is 159 cm³/mol. The number of nitrogens with one attached hydrogen (secondary N) is 2. The molecule has 4 rings (SSSR count). The molecule has 2 unspecified atom stereocenters. The van der Waals surface area contributed by atoms with Crippen LogP contribution in [0.1, 0.15) is 34.6 Å². The number of halogens is 1. The summed E-state index contributed by atoms with van der Waals surface area (Å²) in [6.45, 7) is 6.81. The number of esters is 1. The lowest BCUT2D eigenvalue weighted by atomic mass is 9.97. The Kier molecular flexibility index (Phi) is 10.2. The molecule has 0 bridgehead atoms. The minimum atomic E-state index is -4.39. The average Bonchev–Trinajstić information content (AvgIpc) is 3.19. The monoisotopic (exact) mass is 635 g/mol. The molecular formula is C30H39FN3O9P. The van der Waals surface area contributed by atoms with E-state index in [-0.39, 0.29) is 5.75 Å². The van der Waals surface area contributed by atoms with Gasteiger partial charge >= 0.3 is 13.7 Å². The van der Waals surface area contributed by atoms with E-state index in [0.717, 1.165) is 18.1 Å². The van der Waals surface area contributed by atoms with Gasteiger partial charge in [0.15, 0.2) is 11.9 Å². The number of aliphatic hydroxyl groups excluding tert-OH is 1. The molecule has 2 aromatic rings. The third kappa shape index (κ3) is 7.48. The van der Waals surface area contributed by atoms with Gasteiger partial charge in [-0.15, -0.1) is 0 Å². The number of ether oxygens (including phenoxy) is 3. The summed E-state index contributed by atoms with van der Waals surface area (Å²) in [5.74, 6) is -2.49. The predicted octanol–water partition coefficient (Wildman–Crippen LogP) is 3.87. The number of nitrogens with zero attached hydrogens (tertiary/aromatic N) is 1. The van der Waals surface area contributed by atoms with Crippen LogP contribution >= 0.6 is 7.75 Å². The molecule has 2 aliphatic heterocycles. The van der Waals surface area contributed by atoms with E-state index in [9.17, 15) is 19.3 Å². The van der Waals surface area contributed by atoms with Crippen LogP contribution in [0, 0.1) is 0 Å². The molecule has 0 saturated carbocycles. The van der Waals surface area contributed by atoms with E-state index in [2.05, 4.69) is 10.4 Å². The zero-order valence-corrected chi connectivity index (χ0v) is 26.3. The van der Waals surface area contributed by atoms with Crippen molar-refractivity contribution in [3.63, 3.8) is 0 Å². The van der Waals surface area contributed by atoms with Crippen molar-refractivity contribution in [2.45, 2.75) is 76.7 Å². The highest BCUT2D eigenvalue weighted by molar-refractivity contribution is 7.52. The van der Waals surface area contributed by atoms with Gasteiger partial charge in [0.2, 0.25) is 11.8 Å². The van der Waals surface area contributed by atoms with E-state index in [1.165, 1.54) is 38.1 Å². The summed E-state index contributed by atoms with van der Waals surface area (Å²) in [5.41, 5.74) is -0.732. The van der Waals surface area contributed by atoms with Gasteiger partial charge in [0.05, 0.1) is 12.7 Å². The van der Waals surface area contributed by atoms with E-state index in [4.69, 9.17) is 23.3 Å². The Morgan fingerprint density at radius 3 is 2.50 bits per heavy atom. The maximum Gasteiger partial charge on any atom is 0.459 e. The van der Waals surface area contributed by atoms with Gasteiger partial charge in [-0.1, -0.05) is 42.5 Å². The Labute approximate surface area is 256 Å². The van der Waals surface area contributed by atoms with Crippen molar-refractivity contribution in [3.8, 4) is 16.9 Å². The first-order valence-corrected chi connectivity index (χ1v) is 15.7. The first-order chi connectivity index (χ1) is 20.7. The molecule has 14 heteroatoms. The Bertz CT molecular complexity index is 1410. The first-order valence-electron chi connectivity index (χ1n) is 14.1. The molecule has 0 spiro atoms. The highest BCUT2D eigenvalue weighted by atomic mass is 31.2. The largest absolute Gasteiger partial charge is 0.462 e. The molecule has 2 aromatic carbocycles. The van der Waals surface area contributed by atoms with E-state index < -0.39 is 68.3 Å². The molecular weight excluding hydrogens is 596 g/mol. The summed E-state index contributed by atoms with van der Waals surface area (Å²) in [6.07, 6.45) is -2.49. The number of aliphatic hydroxyl groups is 1. The van der Waals surface area contributed by atoms with E-state index in [1.54, 1.807) is 32.0 Å². The summed E-state index contributed by atoms with van der Waals surface area (Å²) in [7, 11) is -3.07. The lowest BCUT2D eigenvalue weighted by Crippen LogP contribution is -2.66. The number of amides is 1. The smallest absolute Gasteiger partial charge is 0.459 e. The van der Waals surface area contributed by atoms with Crippen LogP contribution in [-0.2, 0) is 32.9 Å². The van der Waals surface area contributed by atoms with Crippen molar-refractivity contribution in [3.05, 3.63) is 66.9 Å². The molecule has 240 valence electrons. The minimum absolute atomic E-state index is 0.165. The third-order valence-corrected chi connectivity index (χ3v) is 8.88. The van der Waals surface area contributed by atoms with E-state index in [0.29, 0.717) is 0 Å². The van der Waals surface area contributed by atoms with Crippen LogP contribution < -0.4 is 14.9 Å². The van der Waals surface area contributed by atoms with Crippen LogP contribution in [0.3, 0.4) is 0 Å². The van der Waals surface area contributed by atoms with Crippen molar-refractivity contribution < 1.29 is 46.9 Å². The molecule has 2 aliphatic rings. The number of hydrogen-bond acceptors (Lipinski definition) is 10. The fraction of sp³-hybridized carbons (Fsp3) is 0.467. The first kappa shape index (κ1) is 33.6. The van der Waals surface area contributed by atoms with Gasteiger partial charge in [-0.25, -0.2) is 8.96 Å². The van der Waals surface area contributed by atoms with Crippen molar-refractivity contribution in [2.24, 2.45) is 0 Å². The van der Waals surface area contributed by atoms with Gasteiger partial charge in [-0.05, 0) is 51.0 Å². The quantitative estimate of drug-likeness (QED) is 0.231. The lowest BCUT2D eigenvalue weighted by molar-refractivity contribution is -0.213. The standard InChI is InChI=1S/C30H39FN3O9P/c1-19(2)41-27(37)20(3)33-44(38,43-23-14-10-13-22(17-23)21-11-8-7-9-12-21)40-18-24-26(36)29(4,31)28(42-24)34-16-15-25(35)32-30(34,5)39-6/h7-17,19-20,24,26,28,36H,18H2,1-6H3,(H,32,35)(H,33,38)/t20-,24+,26+,28+,29+,30?,44?/m0/s1. The highest BCUT2D eigenvalue weighted by Gasteiger charge is 2.59. The summed E-state index contributed by atoms with van der Waals surface area (Å²) < 4.78 is 58.3. The van der Waals surface area contributed by atoms with Crippen molar-refractivity contribution in [1.82, 2.24) is 15.3 Å². The van der Waals surface area contributed by atoms with Crippen molar-refractivity contribution >= 4 is 19.6 Å². The van der Waals surface area contributed by atoms with E-state index in [1.807, 2.05) is 36.4 Å². The third-order valence-electron chi connectivity index (χ3n) is 7.23. The fourth-order valence-corrected chi connectivity index (χ4v) is 6.32. The second kappa shape index (κ2) is 13.4. The van der Waals surface area contributed by atoms with Gasteiger partial charge in [0, 0.05) is 26.3 Å². The van der Waals surface area contributed by atoms with Crippen LogP contribution in [0.5, 0.6) is 5.75 Å². The van der Waals surface area contributed by atoms with Gasteiger partial charge < -0.3 is 34.1 Å². The average molecular weight is 636 g/mol. The van der Waals surface area contributed by atoms with Crippen molar-refractivity contribution in [2.75, 3.05) is 13.7 Å². The molecule has 7 atom stereocenters. The maximum absolute atomic E-state index is 16.0. The molecule has 0 aromatic heterocycles. The number of hydrogen-bond donors (Lipinski definition) is 3. The summed E-state index contributed by atoms with van der Waals surface area (Å²) in [4.78, 5) is 25.8. The molecule has 0 aliphatic carbocycles. The van der Waals surface area contributed by atoms with Crippen LogP contribution in [0.4, 0.5) is 4.39 Å². The fourth-order valence-electron chi connectivity index (χ4n) is 4.82. The Balaban J connectivity index is 1.57. The molecule has 1 fully saturated rings. The lowest BCUT2D eigenvalue weighted by Gasteiger charge is -2.46. The Morgan fingerprint density at radius 1 is 1.16 bits per heavy atom. The topological polar surface area (TPSA) is 145 Å².